The van der Waals surface area contributed by atoms with E-state index in [0.717, 1.165) is 24.2 Å². The van der Waals surface area contributed by atoms with E-state index in [0.29, 0.717) is 26.2 Å². The number of amides is 2. The summed E-state index contributed by atoms with van der Waals surface area (Å²) in [6.45, 7) is 3.75. The summed E-state index contributed by atoms with van der Waals surface area (Å²) >= 11 is 0. The first kappa shape index (κ1) is 21.7. The second kappa shape index (κ2) is 11.3. The Kier molecular flexibility index (Phi) is 8.74. The zero-order valence-corrected chi connectivity index (χ0v) is 16.5. The molecule has 0 radical (unpaired) electrons. The molecule has 28 heavy (non-hydrogen) atoms. The molecule has 8 nitrogen and oxygen atoms in total. The Morgan fingerprint density at radius 1 is 1.29 bits per heavy atom. The van der Waals surface area contributed by atoms with Gasteiger partial charge in [-0.1, -0.05) is 25.5 Å². The van der Waals surface area contributed by atoms with E-state index in [9.17, 15) is 14.4 Å². The van der Waals surface area contributed by atoms with Crippen molar-refractivity contribution in [3.05, 3.63) is 29.8 Å². The lowest BCUT2D eigenvalue weighted by molar-refractivity contribution is -0.149. The van der Waals surface area contributed by atoms with Gasteiger partial charge in [-0.3, -0.25) is 19.3 Å². The minimum Gasteiger partial charge on any atom is -0.497 e. The minimum atomic E-state index is -0.686. The zero-order valence-electron chi connectivity index (χ0n) is 16.5. The van der Waals surface area contributed by atoms with Gasteiger partial charge in [0.05, 0.1) is 26.7 Å². The predicted molar refractivity (Wildman–Crippen MR) is 104 cm³/mol. The number of carbonyl (C=O) groups is 3. The van der Waals surface area contributed by atoms with Crippen LogP contribution in [0.4, 0.5) is 0 Å². The normalized spacial score (nSPS) is 16.9. The molecule has 8 heteroatoms. The van der Waals surface area contributed by atoms with Crippen molar-refractivity contribution in [2.45, 2.75) is 38.8 Å². The molecule has 1 fully saturated rings. The summed E-state index contributed by atoms with van der Waals surface area (Å²) in [7, 11) is 1.60. The SMILES string of the molecule is CCCCOC(=O)CC1C(=O)NCCN1CC(=O)NCc1ccc(OC)cc1. The van der Waals surface area contributed by atoms with Crippen molar-refractivity contribution in [3.8, 4) is 5.75 Å². The van der Waals surface area contributed by atoms with E-state index in [1.807, 2.05) is 31.2 Å². The molecule has 1 saturated heterocycles. The predicted octanol–water partition coefficient (Wildman–Crippen LogP) is 0.845. The number of unbranched alkanes of at least 4 members (excludes halogenated alkanes) is 1. The average molecular weight is 391 g/mol. The van der Waals surface area contributed by atoms with Crippen LogP contribution < -0.4 is 15.4 Å². The number of methoxy groups -OCH3 is 1. The Bertz CT molecular complexity index is 662. The van der Waals surface area contributed by atoms with Gasteiger partial charge in [0.2, 0.25) is 11.8 Å². The molecule has 1 aromatic rings. The Morgan fingerprint density at radius 2 is 2.04 bits per heavy atom. The quantitative estimate of drug-likeness (QED) is 0.453. The van der Waals surface area contributed by atoms with Crippen LogP contribution in [0.2, 0.25) is 0 Å². The van der Waals surface area contributed by atoms with Crippen molar-refractivity contribution in [1.29, 1.82) is 0 Å². The number of benzene rings is 1. The standard InChI is InChI=1S/C20H29N3O5/c1-3-4-11-28-19(25)12-17-20(26)21-9-10-23(17)14-18(24)22-13-15-5-7-16(27-2)8-6-15/h5-8,17H,3-4,9-14H2,1-2H3,(H,21,26)(H,22,24). The lowest BCUT2D eigenvalue weighted by Gasteiger charge is -2.33. The third kappa shape index (κ3) is 6.84. The van der Waals surface area contributed by atoms with Crippen LogP contribution in [0.3, 0.4) is 0 Å². The van der Waals surface area contributed by atoms with Crippen LogP contribution in [0.5, 0.6) is 5.75 Å². The van der Waals surface area contributed by atoms with Crippen LogP contribution in [0, 0.1) is 0 Å². The maximum absolute atomic E-state index is 12.3. The molecule has 2 amide bonds. The van der Waals surface area contributed by atoms with E-state index in [2.05, 4.69) is 10.6 Å². The summed E-state index contributed by atoms with van der Waals surface area (Å²) in [5.41, 5.74) is 0.946. The van der Waals surface area contributed by atoms with Crippen LogP contribution >= 0.6 is 0 Å². The van der Waals surface area contributed by atoms with E-state index in [-0.39, 0.29) is 24.8 Å². The highest BCUT2D eigenvalue weighted by Gasteiger charge is 2.33. The van der Waals surface area contributed by atoms with Gasteiger partial charge in [-0.25, -0.2) is 0 Å². The first-order valence-electron chi connectivity index (χ1n) is 9.60. The van der Waals surface area contributed by atoms with Gasteiger partial charge in [-0.2, -0.15) is 0 Å². The number of rotatable bonds is 10. The highest BCUT2D eigenvalue weighted by molar-refractivity contribution is 5.88. The molecule has 1 aliphatic heterocycles. The van der Waals surface area contributed by atoms with Gasteiger partial charge in [0.1, 0.15) is 11.8 Å². The number of nitrogens with zero attached hydrogens (tertiary/aromatic N) is 1. The highest BCUT2D eigenvalue weighted by atomic mass is 16.5. The van der Waals surface area contributed by atoms with Gasteiger partial charge in [0.15, 0.2) is 0 Å². The Balaban J connectivity index is 1.84. The van der Waals surface area contributed by atoms with E-state index in [1.54, 1.807) is 12.0 Å². The van der Waals surface area contributed by atoms with Crippen LogP contribution in [-0.4, -0.2) is 62.1 Å². The topological polar surface area (TPSA) is 97.0 Å². The maximum atomic E-state index is 12.3. The molecule has 0 saturated carbocycles. The van der Waals surface area contributed by atoms with Gasteiger partial charge in [-0.15, -0.1) is 0 Å². The molecule has 0 aromatic heterocycles. The number of nitrogens with one attached hydrogen (secondary N) is 2. The first-order valence-corrected chi connectivity index (χ1v) is 9.60. The monoisotopic (exact) mass is 391 g/mol. The second-order valence-electron chi connectivity index (χ2n) is 6.68. The largest absolute Gasteiger partial charge is 0.497 e. The van der Waals surface area contributed by atoms with Gasteiger partial charge in [0, 0.05) is 19.6 Å². The van der Waals surface area contributed by atoms with Gasteiger partial charge < -0.3 is 20.1 Å². The molecule has 0 aliphatic carbocycles. The van der Waals surface area contributed by atoms with E-state index >= 15 is 0 Å². The molecular weight excluding hydrogens is 362 g/mol. The molecule has 1 atom stereocenters. The number of esters is 1. The van der Waals surface area contributed by atoms with Crippen LogP contribution in [0.1, 0.15) is 31.7 Å². The molecule has 0 bridgehead atoms. The minimum absolute atomic E-state index is 0.0521. The van der Waals surface area contributed by atoms with Crippen molar-refractivity contribution in [2.75, 3.05) is 33.4 Å². The van der Waals surface area contributed by atoms with Crippen LogP contribution in [-0.2, 0) is 25.7 Å². The van der Waals surface area contributed by atoms with Crippen LogP contribution in [0.15, 0.2) is 24.3 Å². The van der Waals surface area contributed by atoms with Crippen molar-refractivity contribution in [3.63, 3.8) is 0 Å². The summed E-state index contributed by atoms with van der Waals surface area (Å²) in [5.74, 6) is -0.112. The fourth-order valence-electron chi connectivity index (χ4n) is 2.90. The highest BCUT2D eigenvalue weighted by Crippen LogP contribution is 2.12. The van der Waals surface area contributed by atoms with Crippen molar-refractivity contribution in [1.82, 2.24) is 15.5 Å². The van der Waals surface area contributed by atoms with E-state index in [4.69, 9.17) is 9.47 Å². The average Bonchev–Trinajstić information content (AvgIpc) is 2.69. The summed E-state index contributed by atoms with van der Waals surface area (Å²) < 4.78 is 10.3. The number of piperazine rings is 1. The lowest BCUT2D eigenvalue weighted by Crippen LogP contribution is -2.57. The van der Waals surface area contributed by atoms with E-state index < -0.39 is 12.0 Å². The molecular formula is C20H29N3O5. The summed E-state index contributed by atoms with van der Waals surface area (Å²) in [6.07, 6.45) is 1.67. The Labute approximate surface area is 165 Å². The molecule has 1 unspecified atom stereocenters. The number of carbonyl (C=O) groups excluding carboxylic acids is 3. The molecule has 0 spiro atoms. The Hall–Kier alpha value is -2.61. The molecule has 154 valence electrons. The van der Waals surface area contributed by atoms with Crippen molar-refractivity contribution < 1.29 is 23.9 Å². The Morgan fingerprint density at radius 3 is 2.71 bits per heavy atom. The van der Waals surface area contributed by atoms with Crippen molar-refractivity contribution >= 4 is 17.8 Å². The maximum Gasteiger partial charge on any atom is 0.307 e. The summed E-state index contributed by atoms with van der Waals surface area (Å²) in [4.78, 5) is 38.2. The third-order valence-electron chi connectivity index (χ3n) is 4.56. The lowest BCUT2D eigenvalue weighted by atomic mass is 10.1. The smallest absolute Gasteiger partial charge is 0.307 e. The third-order valence-corrected chi connectivity index (χ3v) is 4.56. The number of hydrogen-bond acceptors (Lipinski definition) is 6. The fraction of sp³-hybridized carbons (Fsp3) is 0.550. The van der Waals surface area contributed by atoms with Crippen molar-refractivity contribution in [2.24, 2.45) is 0 Å². The molecule has 1 aromatic carbocycles. The zero-order chi connectivity index (χ0) is 20.4. The van der Waals surface area contributed by atoms with Crippen LogP contribution in [0.25, 0.3) is 0 Å². The van der Waals surface area contributed by atoms with Gasteiger partial charge in [0.25, 0.3) is 0 Å². The molecule has 2 N–H and O–H groups in total. The fourth-order valence-corrected chi connectivity index (χ4v) is 2.90. The van der Waals surface area contributed by atoms with E-state index in [1.165, 1.54) is 0 Å². The van der Waals surface area contributed by atoms with Gasteiger partial charge >= 0.3 is 5.97 Å². The van der Waals surface area contributed by atoms with Gasteiger partial charge in [-0.05, 0) is 24.1 Å². The second-order valence-corrected chi connectivity index (χ2v) is 6.68. The number of ether oxygens (including phenoxy) is 2. The first-order chi connectivity index (χ1) is 13.5. The summed E-state index contributed by atoms with van der Waals surface area (Å²) in [6, 6.07) is 6.73. The molecule has 1 aliphatic rings. The number of hydrogen-bond donors (Lipinski definition) is 2. The summed E-state index contributed by atoms with van der Waals surface area (Å²) in [5, 5.41) is 5.59. The molecule has 1 heterocycles. The molecule has 2 rings (SSSR count).